The molecule has 10 heteroatoms. The number of piperidine rings is 1. The van der Waals surface area contributed by atoms with Crippen molar-refractivity contribution in [3.8, 4) is 0 Å². The molecule has 23 heavy (non-hydrogen) atoms. The molecule has 1 aromatic rings. The second-order valence-corrected chi connectivity index (χ2v) is 5.58. The van der Waals surface area contributed by atoms with E-state index in [2.05, 4.69) is 0 Å². The molecular weight excluding hydrogens is 341 g/mol. The highest BCUT2D eigenvalue weighted by atomic mass is 35.5. The molecule has 0 radical (unpaired) electrons. The number of carboxylic acids is 1. The van der Waals surface area contributed by atoms with Crippen molar-refractivity contribution in [1.82, 2.24) is 0 Å². The van der Waals surface area contributed by atoms with E-state index in [1.807, 2.05) is 0 Å². The molecule has 0 atom stereocenters. The van der Waals surface area contributed by atoms with Crippen LogP contribution in [0.3, 0.4) is 0 Å². The molecule has 2 rings (SSSR count). The van der Waals surface area contributed by atoms with Gasteiger partial charge in [0.15, 0.2) is 0 Å². The lowest BCUT2D eigenvalue weighted by atomic mass is 9.96. The lowest BCUT2D eigenvalue weighted by Crippen LogP contribution is -2.36. The van der Waals surface area contributed by atoms with E-state index in [9.17, 15) is 28.1 Å². The molecule has 0 bridgehead atoms. The molecule has 1 aliphatic heterocycles. The number of rotatable bonds is 3. The first-order valence-electron chi connectivity index (χ1n) is 6.64. The Labute approximate surface area is 133 Å². The highest BCUT2D eigenvalue weighted by Crippen LogP contribution is 2.42. The number of hydrogen-bond donors (Lipinski definition) is 1. The molecule has 1 aromatic carbocycles. The normalized spacial score (nSPS) is 16.4. The van der Waals surface area contributed by atoms with E-state index in [4.69, 9.17) is 16.7 Å². The number of nitro benzene ring substituents is 1. The molecule has 0 saturated carbocycles. The van der Waals surface area contributed by atoms with Gasteiger partial charge in [-0.3, -0.25) is 14.9 Å². The summed E-state index contributed by atoms with van der Waals surface area (Å²) < 4.78 is 38.5. The number of nitrogens with zero attached hydrogens (tertiary/aromatic N) is 2. The van der Waals surface area contributed by atoms with Crippen LogP contribution in [-0.4, -0.2) is 29.1 Å². The van der Waals surface area contributed by atoms with Crippen molar-refractivity contribution in [2.45, 2.75) is 19.0 Å². The van der Waals surface area contributed by atoms with Gasteiger partial charge in [0.25, 0.3) is 5.69 Å². The van der Waals surface area contributed by atoms with Gasteiger partial charge in [0.2, 0.25) is 0 Å². The molecule has 1 N–H and O–H groups in total. The summed E-state index contributed by atoms with van der Waals surface area (Å²) in [6, 6.07) is 1.34. The number of benzene rings is 1. The van der Waals surface area contributed by atoms with E-state index in [-0.39, 0.29) is 31.6 Å². The maximum absolute atomic E-state index is 12.8. The fourth-order valence-electron chi connectivity index (χ4n) is 2.54. The van der Waals surface area contributed by atoms with Crippen LogP contribution in [0.2, 0.25) is 5.02 Å². The Bertz CT molecular complexity index is 643. The van der Waals surface area contributed by atoms with Crippen LogP contribution >= 0.6 is 11.6 Å². The van der Waals surface area contributed by atoms with E-state index in [1.54, 1.807) is 0 Å². The zero-order valence-corrected chi connectivity index (χ0v) is 12.4. The van der Waals surface area contributed by atoms with Crippen LogP contribution < -0.4 is 4.90 Å². The summed E-state index contributed by atoms with van der Waals surface area (Å²) in [4.78, 5) is 22.6. The first kappa shape index (κ1) is 17.3. The first-order chi connectivity index (χ1) is 10.6. The first-order valence-corrected chi connectivity index (χ1v) is 7.02. The van der Waals surface area contributed by atoms with Gasteiger partial charge in [0, 0.05) is 19.2 Å². The third kappa shape index (κ3) is 3.66. The number of hydrogen-bond acceptors (Lipinski definition) is 4. The highest BCUT2D eigenvalue weighted by Gasteiger charge is 2.37. The average molecular weight is 353 g/mol. The predicted octanol–water partition coefficient (Wildman–Crippen LogP) is 3.57. The number of nitro groups is 1. The Morgan fingerprint density at radius 2 is 1.91 bits per heavy atom. The Balaban J connectivity index is 2.38. The molecule has 0 aromatic heterocycles. The molecule has 1 fully saturated rings. The molecule has 1 saturated heterocycles. The van der Waals surface area contributed by atoms with Crippen LogP contribution in [-0.2, 0) is 11.0 Å². The Morgan fingerprint density at radius 3 is 2.35 bits per heavy atom. The number of aliphatic carboxylic acids is 1. The Hall–Kier alpha value is -2.03. The molecule has 0 unspecified atom stereocenters. The van der Waals surface area contributed by atoms with Crippen molar-refractivity contribution < 1.29 is 28.0 Å². The molecule has 0 amide bonds. The van der Waals surface area contributed by atoms with E-state index >= 15 is 0 Å². The van der Waals surface area contributed by atoms with Crippen molar-refractivity contribution in [2.75, 3.05) is 18.0 Å². The molecule has 0 spiro atoms. The molecular formula is C13H12ClF3N2O4. The summed E-state index contributed by atoms with van der Waals surface area (Å²) in [5.74, 6) is -1.51. The minimum absolute atomic E-state index is 0.0307. The highest BCUT2D eigenvalue weighted by molar-refractivity contribution is 6.31. The van der Waals surface area contributed by atoms with E-state index in [1.165, 1.54) is 4.90 Å². The van der Waals surface area contributed by atoms with Gasteiger partial charge in [-0.15, -0.1) is 0 Å². The SMILES string of the molecule is O=C(O)C1CCN(c2cc(Cl)c(C(F)(F)F)cc2[N+](=O)[O-])CC1. The van der Waals surface area contributed by atoms with Gasteiger partial charge in [-0.05, 0) is 18.9 Å². The summed E-state index contributed by atoms with van der Waals surface area (Å²) in [6.45, 7) is 0.388. The fourth-order valence-corrected chi connectivity index (χ4v) is 2.80. The van der Waals surface area contributed by atoms with Crippen molar-refractivity contribution in [2.24, 2.45) is 5.92 Å². The van der Waals surface area contributed by atoms with Crippen LogP contribution in [0.1, 0.15) is 18.4 Å². The minimum Gasteiger partial charge on any atom is -0.481 e. The maximum atomic E-state index is 12.8. The number of carboxylic acid groups (broad SMARTS) is 1. The lowest BCUT2D eigenvalue weighted by Gasteiger charge is -2.31. The predicted molar refractivity (Wildman–Crippen MR) is 75.7 cm³/mol. The number of carbonyl (C=O) groups is 1. The van der Waals surface area contributed by atoms with Gasteiger partial charge in [0.1, 0.15) is 5.69 Å². The van der Waals surface area contributed by atoms with Gasteiger partial charge >= 0.3 is 12.1 Å². The summed E-state index contributed by atoms with van der Waals surface area (Å²) >= 11 is 5.63. The van der Waals surface area contributed by atoms with Gasteiger partial charge < -0.3 is 10.0 Å². The molecule has 1 heterocycles. The second kappa shape index (κ2) is 6.23. The van der Waals surface area contributed by atoms with Crippen molar-refractivity contribution >= 4 is 28.9 Å². The zero-order valence-electron chi connectivity index (χ0n) is 11.6. The molecule has 6 nitrogen and oxygen atoms in total. The van der Waals surface area contributed by atoms with Crippen molar-refractivity contribution in [1.29, 1.82) is 0 Å². The Kier molecular flexibility index (Phi) is 4.69. The van der Waals surface area contributed by atoms with Crippen molar-refractivity contribution in [3.05, 3.63) is 32.8 Å². The summed E-state index contributed by atoms with van der Waals surface area (Å²) in [5.41, 5.74) is -2.00. The van der Waals surface area contributed by atoms with Crippen LogP contribution in [0.15, 0.2) is 12.1 Å². The maximum Gasteiger partial charge on any atom is 0.418 e. The van der Waals surface area contributed by atoms with E-state index < -0.39 is 39.3 Å². The molecule has 126 valence electrons. The minimum atomic E-state index is -4.79. The summed E-state index contributed by atoms with van der Waals surface area (Å²) in [6.07, 6.45) is -4.28. The topological polar surface area (TPSA) is 83.7 Å². The monoisotopic (exact) mass is 352 g/mol. The zero-order chi connectivity index (χ0) is 17.4. The largest absolute Gasteiger partial charge is 0.481 e. The molecule has 0 aliphatic carbocycles. The van der Waals surface area contributed by atoms with Crippen LogP contribution in [0, 0.1) is 16.0 Å². The quantitative estimate of drug-likeness (QED) is 0.664. The van der Waals surface area contributed by atoms with E-state index in [0.717, 1.165) is 6.07 Å². The molecule has 1 aliphatic rings. The number of anilines is 1. The lowest BCUT2D eigenvalue weighted by molar-refractivity contribution is -0.384. The van der Waals surface area contributed by atoms with Crippen LogP contribution in [0.4, 0.5) is 24.5 Å². The van der Waals surface area contributed by atoms with Gasteiger partial charge in [-0.2, -0.15) is 13.2 Å². The third-order valence-corrected chi connectivity index (χ3v) is 4.06. The van der Waals surface area contributed by atoms with Gasteiger partial charge in [-0.1, -0.05) is 11.6 Å². The van der Waals surface area contributed by atoms with Crippen LogP contribution in [0.25, 0.3) is 0 Å². The summed E-state index contributed by atoms with van der Waals surface area (Å²) in [7, 11) is 0. The number of alkyl halides is 3. The Morgan fingerprint density at radius 1 is 1.35 bits per heavy atom. The second-order valence-electron chi connectivity index (χ2n) is 5.18. The standard InChI is InChI=1S/C13H12ClF3N2O4/c14-9-6-10(18-3-1-7(2-4-18)12(20)21)11(19(22)23)5-8(9)13(15,16)17/h5-7H,1-4H2,(H,20,21). The van der Waals surface area contributed by atoms with Crippen molar-refractivity contribution in [3.63, 3.8) is 0 Å². The van der Waals surface area contributed by atoms with Gasteiger partial charge in [0.05, 0.1) is 21.4 Å². The number of halogens is 4. The van der Waals surface area contributed by atoms with E-state index in [0.29, 0.717) is 6.07 Å². The third-order valence-electron chi connectivity index (χ3n) is 3.75. The smallest absolute Gasteiger partial charge is 0.418 e. The van der Waals surface area contributed by atoms with Crippen LogP contribution in [0.5, 0.6) is 0 Å². The summed E-state index contributed by atoms with van der Waals surface area (Å²) in [5, 5.41) is 19.4. The fraction of sp³-hybridized carbons (Fsp3) is 0.462. The average Bonchev–Trinajstić information content (AvgIpc) is 2.45. The van der Waals surface area contributed by atoms with Gasteiger partial charge in [-0.25, -0.2) is 0 Å².